The van der Waals surface area contributed by atoms with Gasteiger partial charge in [0.2, 0.25) is 0 Å². The van der Waals surface area contributed by atoms with Crippen LogP contribution in [-0.4, -0.2) is 47.6 Å². The molecular weight excluding hydrogens is 521 g/mol. The maximum Gasteiger partial charge on any atom is 0.407 e. The Hall–Kier alpha value is -1.02. The van der Waals surface area contributed by atoms with E-state index in [4.69, 9.17) is 20.3 Å². The summed E-state index contributed by atoms with van der Waals surface area (Å²) in [6.45, 7) is 9.82. The van der Waals surface area contributed by atoms with Gasteiger partial charge in [0.1, 0.15) is 5.60 Å². The van der Waals surface area contributed by atoms with Gasteiger partial charge in [0, 0.05) is 44.8 Å². The SMILES string of the molecule is CCCC(NC(=O)OC(C)(C)C)C(N)COC1CCC(c2[c-]cccc2)CC1.C[CH-]CC(=O)O.[Y]. The van der Waals surface area contributed by atoms with E-state index in [0.29, 0.717) is 12.5 Å². The van der Waals surface area contributed by atoms with Crippen LogP contribution in [0.25, 0.3) is 0 Å². The third-order valence-electron chi connectivity index (χ3n) is 5.57. The Labute approximate surface area is 237 Å². The molecule has 1 aromatic rings. The fourth-order valence-corrected chi connectivity index (χ4v) is 3.90. The second-order valence-electron chi connectivity index (χ2n) is 9.84. The number of hydrogen-bond donors (Lipinski definition) is 3. The average Bonchev–Trinajstić information content (AvgIpc) is 2.77. The predicted octanol–water partition coefficient (Wildman–Crippen LogP) is 5.23. The molecule has 1 aromatic carbocycles. The minimum absolute atomic E-state index is 0. The molecule has 0 bridgehead atoms. The van der Waals surface area contributed by atoms with E-state index in [1.807, 2.05) is 32.9 Å². The van der Waals surface area contributed by atoms with Crippen LogP contribution in [0.4, 0.5) is 4.79 Å². The number of alkyl carbamates (subject to hydrolysis) is 1. The van der Waals surface area contributed by atoms with Crippen molar-refractivity contribution in [1.82, 2.24) is 5.32 Å². The molecule has 2 unspecified atom stereocenters. The van der Waals surface area contributed by atoms with Crippen LogP contribution in [0.15, 0.2) is 24.3 Å². The third-order valence-corrected chi connectivity index (χ3v) is 5.57. The molecule has 4 N–H and O–H groups in total. The summed E-state index contributed by atoms with van der Waals surface area (Å²) in [5, 5.41) is 10.8. The van der Waals surface area contributed by atoms with Crippen molar-refractivity contribution in [2.45, 2.75) is 109 Å². The van der Waals surface area contributed by atoms with Gasteiger partial charge in [-0.1, -0.05) is 19.8 Å². The van der Waals surface area contributed by atoms with Crippen LogP contribution in [0.3, 0.4) is 0 Å². The molecule has 1 fully saturated rings. The second kappa shape index (κ2) is 18.3. The minimum Gasteiger partial charge on any atom is -0.483 e. The number of nitrogens with two attached hydrogens (primary N) is 1. The van der Waals surface area contributed by atoms with Crippen molar-refractivity contribution in [3.63, 3.8) is 0 Å². The third kappa shape index (κ3) is 15.6. The van der Waals surface area contributed by atoms with Crippen molar-refractivity contribution in [2.24, 2.45) is 5.73 Å². The van der Waals surface area contributed by atoms with Gasteiger partial charge >= 0.3 is 6.09 Å². The van der Waals surface area contributed by atoms with Crippen LogP contribution < -0.4 is 11.1 Å². The van der Waals surface area contributed by atoms with Crippen LogP contribution in [0.5, 0.6) is 0 Å². The molecule has 0 saturated heterocycles. The van der Waals surface area contributed by atoms with Gasteiger partial charge in [0.05, 0.1) is 12.7 Å². The van der Waals surface area contributed by atoms with E-state index >= 15 is 0 Å². The maximum atomic E-state index is 12.1. The van der Waals surface area contributed by atoms with Crippen LogP contribution in [0.1, 0.15) is 91.0 Å². The van der Waals surface area contributed by atoms with Crippen molar-refractivity contribution in [1.29, 1.82) is 0 Å². The molecule has 35 heavy (non-hydrogen) atoms. The standard InChI is InChI=1S/C23H37N2O3.C4H7O2.Y/c1-5-9-21(25-22(26)28-23(2,3)4)20(24)16-27-19-14-12-18(13-15-19)17-10-7-6-8-11-17;1-2-3-4(5)6;/h6-8,10,18-21H,5,9,12-16,24H2,1-4H3,(H,25,26);2H,3H2,1H3,(H,5,6);/q2*-1;. The first-order valence-corrected chi connectivity index (χ1v) is 12.4. The molecule has 0 spiro atoms. The van der Waals surface area contributed by atoms with Crippen molar-refractivity contribution in [2.75, 3.05) is 6.61 Å². The Morgan fingerprint density at radius 3 is 2.37 bits per heavy atom. The van der Waals surface area contributed by atoms with E-state index in [1.54, 1.807) is 13.3 Å². The van der Waals surface area contributed by atoms with Crippen molar-refractivity contribution < 1.29 is 56.9 Å². The Morgan fingerprint density at radius 2 is 1.91 bits per heavy atom. The topological polar surface area (TPSA) is 111 Å². The number of ether oxygens (including phenoxy) is 2. The summed E-state index contributed by atoms with van der Waals surface area (Å²) < 4.78 is 11.5. The molecule has 1 aliphatic rings. The van der Waals surface area contributed by atoms with E-state index in [-0.39, 0.29) is 57.3 Å². The number of carbonyl (C=O) groups is 2. The fourth-order valence-electron chi connectivity index (χ4n) is 3.90. The number of carboxylic acid groups (broad SMARTS) is 1. The van der Waals surface area contributed by atoms with Gasteiger partial charge in [-0.15, -0.1) is 0 Å². The molecule has 197 valence electrons. The summed E-state index contributed by atoms with van der Waals surface area (Å²) in [5.41, 5.74) is 7.14. The number of benzene rings is 1. The van der Waals surface area contributed by atoms with Crippen LogP contribution in [-0.2, 0) is 47.0 Å². The van der Waals surface area contributed by atoms with Crippen molar-refractivity contribution in [3.8, 4) is 0 Å². The number of hydrogen-bond acceptors (Lipinski definition) is 5. The number of aliphatic carboxylic acids is 1. The van der Waals surface area contributed by atoms with Crippen molar-refractivity contribution in [3.05, 3.63) is 42.3 Å². The molecule has 8 heteroatoms. The molecule has 2 atom stereocenters. The number of carboxylic acids is 1. The first-order valence-electron chi connectivity index (χ1n) is 12.4. The Morgan fingerprint density at radius 1 is 1.26 bits per heavy atom. The molecule has 2 rings (SSSR count). The largest absolute Gasteiger partial charge is 0.483 e. The summed E-state index contributed by atoms with van der Waals surface area (Å²) in [7, 11) is 0. The van der Waals surface area contributed by atoms with Gasteiger partial charge in [-0.25, -0.2) is 4.79 Å². The molecule has 1 saturated carbocycles. The van der Waals surface area contributed by atoms with Gasteiger partial charge in [0.15, 0.2) is 0 Å². The van der Waals surface area contributed by atoms with E-state index in [1.165, 1.54) is 5.56 Å². The minimum atomic E-state index is -0.766. The molecule has 0 heterocycles. The molecule has 1 aliphatic carbocycles. The van der Waals surface area contributed by atoms with E-state index < -0.39 is 17.7 Å². The van der Waals surface area contributed by atoms with Gasteiger partial charge in [-0.05, 0) is 58.8 Å². The zero-order valence-corrected chi connectivity index (χ0v) is 24.9. The van der Waals surface area contributed by atoms with Gasteiger partial charge < -0.3 is 32.1 Å². The smallest absolute Gasteiger partial charge is 0.407 e. The predicted molar refractivity (Wildman–Crippen MR) is 134 cm³/mol. The molecule has 0 aliphatic heterocycles. The van der Waals surface area contributed by atoms with Crippen LogP contribution in [0, 0.1) is 12.5 Å². The Balaban J connectivity index is 0.00000147. The summed E-state index contributed by atoms with van der Waals surface area (Å²) in [4.78, 5) is 21.7. The average molecular weight is 566 g/mol. The monoisotopic (exact) mass is 565 g/mol. The summed E-state index contributed by atoms with van der Waals surface area (Å²) in [6, 6.07) is 11.2. The zero-order valence-electron chi connectivity index (χ0n) is 22.1. The molecule has 7 nitrogen and oxygen atoms in total. The second-order valence-corrected chi connectivity index (χ2v) is 9.84. The number of carbonyl (C=O) groups excluding carboxylic acids is 1. The normalized spacial score (nSPS) is 19.3. The molecule has 1 radical (unpaired) electrons. The summed E-state index contributed by atoms with van der Waals surface area (Å²) in [5.74, 6) is -0.186. The molecule has 1 amide bonds. The zero-order chi connectivity index (χ0) is 25.6. The van der Waals surface area contributed by atoms with E-state index in [9.17, 15) is 9.59 Å². The van der Waals surface area contributed by atoms with Crippen LogP contribution in [0.2, 0.25) is 0 Å². The number of nitrogens with one attached hydrogen (secondary N) is 1. The fraction of sp³-hybridized carbons (Fsp3) is 0.667. The van der Waals surface area contributed by atoms with Gasteiger partial charge in [-0.3, -0.25) is 4.79 Å². The van der Waals surface area contributed by atoms with Crippen LogP contribution >= 0.6 is 0 Å². The number of rotatable bonds is 10. The molecular formula is C27H44N2O5Y-2. The number of amides is 1. The summed E-state index contributed by atoms with van der Waals surface area (Å²) in [6.07, 6.45) is 7.66. The van der Waals surface area contributed by atoms with E-state index in [0.717, 1.165) is 38.5 Å². The Kier molecular flexibility index (Phi) is 17.7. The summed E-state index contributed by atoms with van der Waals surface area (Å²) >= 11 is 0. The van der Waals surface area contributed by atoms with E-state index in [2.05, 4.69) is 30.4 Å². The first kappa shape index (κ1) is 34.0. The Bertz CT molecular complexity index is 703. The molecule has 0 aromatic heterocycles. The van der Waals surface area contributed by atoms with Gasteiger partial charge in [0.25, 0.3) is 5.97 Å². The maximum absolute atomic E-state index is 12.1. The first-order chi connectivity index (χ1) is 16.1. The van der Waals surface area contributed by atoms with Crippen molar-refractivity contribution >= 4 is 12.1 Å². The quantitative estimate of drug-likeness (QED) is 0.335. The van der Waals surface area contributed by atoms with Gasteiger partial charge in [-0.2, -0.15) is 42.8 Å².